The maximum Gasteiger partial charge on any atom is 0.471 e. The van der Waals surface area contributed by atoms with Gasteiger partial charge in [0.2, 0.25) is 15.7 Å². The predicted molar refractivity (Wildman–Crippen MR) is 167 cm³/mol. The van der Waals surface area contributed by atoms with E-state index in [2.05, 4.69) is 31.3 Å². The lowest BCUT2D eigenvalue weighted by Crippen LogP contribution is -2.44. The van der Waals surface area contributed by atoms with Crippen LogP contribution in [0, 0.1) is 44.6 Å². The lowest BCUT2D eigenvalue weighted by Gasteiger charge is -2.28. The third-order valence-electron chi connectivity index (χ3n) is 7.07. The molecule has 13 nitrogen and oxygen atoms in total. The molecule has 0 bridgehead atoms. The van der Waals surface area contributed by atoms with Gasteiger partial charge in [-0.1, -0.05) is 19.0 Å². The number of aromatic nitrogens is 4. The van der Waals surface area contributed by atoms with E-state index in [4.69, 9.17) is 51.1 Å². The molecule has 1 amide bonds. The van der Waals surface area contributed by atoms with Crippen LogP contribution in [0.1, 0.15) is 71.6 Å². The zero-order valence-corrected chi connectivity index (χ0v) is 26.0. The van der Waals surface area contributed by atoms with Crippen molar-refractivity contribution < 1.29 is 22.9 Å². The number of rotatable bonds is 6. The van der Waals surface area contributed by atoms with Gasteiger partial charge in [0.1, 0.15) is 6.20 Å². The summed E-state index contributed by atoms with van der Waals surface area (Å²) >= 11 is 16.4. The van der Waals surface area contributed by atoms with Crippen LogP contribution in [0.25, 0.3) is 0 Å². The Hall–Kier alpha value is -3.73. The molecule has 2 aliphatic carbocycles. The quantitative estimate of drug-likeness (QED) is 0.120. The number of nitrogens with zero attached hydrogens (tertiary/aromatic N) is 7. The summed E-state index contributed by atoms with van der Waals surface area (Å²) in [4.78, 5) is 34.8. The van der Waals surface area contributed by atoms with Crippen LogP contribution in [0.4, 0.5) is 30.4 Å². The number of nitrogens with two attached hydrogens (primary N) is 1. The summed E-state index contributed by atoms with van der Waals surface area (Å²) in [5, 5.41) is 32.4. The summed E-state index contributed by atoms with van der Waals surface area (Å²) in [6.45, 7) is 0. The molecule has 252 valence electrons. The Morgan fingerprint density at radius 3 is 1.87 bits per heavy atom. The zero-order chi connectivity index (χ0) is 33.6. The number of nitrogen functional groups attached to an aromatic ring is 1. The van der Waals surface area contributed by atoms with Gasteiger partial charge in [-0.3, -0.25) is 14.9 Å². The molecule has 46 heavy (non-hydrogen) atoms. The molecule has 0 atom stereocenters. The van der Waals surface area contributed by atoms with Crippen molar-refractivity contribution in [2.45, 2.75) is 89.9 Å². The lowest BCUT2D eigenvalue weighted by molar-refractivity contribution is -0.385. The number of hydrogen-bond acceptors (Lipinski definition) is 11. The predicted octanol–water partition coefficient (Wildman–Crippen LogP) is 7.06. The second-order valence-electron chi connectivity index (χ2n) is 10.3. The number of nitriles is 2. The molecule has 2 aliphatic rings. The van der Waals surface area contributed by atoms with Gasteiger partial charge in [-0.25, -0.2) is 9.97 Å². The van der Waals surface area contributed by atoms with Crippen molar-refractivity contribution in [3.63, 3.8) is 0 Å². The normalized spacial score (nSPS) is 20.4. The number of nitrogens with one attached hydrogen (secondary N) is 2. The van der Waals surface area contributed by atoms with E-state index >= 15 is 0 Å². The van der Waals surface area contributed by atoms with Gasteiger partial charge in [0.25, 0.3) is 0 Å². The van der Waals surface area contributed by atoms with Crippen LogP contribution in [0.5, 0.6) is 0 Å². The van der Waals surface area contributed by atoms with Crippen LogP contribution in [0.15, 0.2) is 12.4 Å². The summed E-state index contributed by atoms with van der Waals surface area (Å²) in [5.41, 5.74) is 5.95. The SMILES string of the molecule is C.N#CCC1CCC(NC(=O)C(F)(F)F)CC1.N#CCC1CCC(Nc2nc(Cl)ncc2N)CC1.O=[N+]([O-])c1cnc(Cl)nc1Cl. The number of amides is 1. The Labute approximate surface area is 279 Å². The molecule has 0 spiro atoms. The average molecular weight is 710 g/mol. The summed E-state index contributed by atoms with van der Waals surface area (Å²) < 4.78 is 35.8. The third-order valence-corrected chi connectivity index (χ3v) is 7.71. The molecule has 0 saturated heterocycles. The minimum absolute atomic E-state index is 0. The van der Waals surface area contributed by atoms with Crippen molar-refractivity contribution in [2.24, 2.45) is 11.8 Å². The molecule has 0 aromatic carbocycles. The molecule has 4 N–H and O–H groups in total. The van der Waals surface area contributed by atoms with Gasteiger partial charge in [0, 0.05) is 24.9 Å². The Morgan fingerprint density at radius 1 is 0.935 bits per heavy atom. The van der Waals surface area contributed by atoms with Gasteiger partial charge in [-0.2, -0.15) is 33.7 Å². The summed E-state index contributed by atoms with van der Waals surface area (Å²) in [7, 11) is 0. The maximum absolute atomic E-state index is 11.9. The van der Waals surface area contributed by atoms with Crippen LogP contribution < -0.4 is 16.4 Å². The monoisotopic (exact) mass is 708 g/mol. The molecular formula is C27H34Cl3F3N10O3. The van der Waals surface area contributed by atoms with Crippen molar-refractivity contribution in [3.05, 3.63) is 38.2 Å². The fourth-order valence-corrected chi connectivity index (χ4v) is 5.19. The van der Waals surface area contributed by atoms with E-state index in [1.54, 1.807) is 0 Å². The van der Waals surface area contributed by atoms with Crippen molar-refractivity contribution in [2.75, 3.05) is 11.1 Å². The Balaban J connectivity index is 0.000000351. The van der Waals surface area contributed by atoms with Gasteiger partial charge < -0.3 is 16.4 Å². The molecule has 0 aliphatic heterocycles. The summed E-state index contributed by atoms with van der Waals surface area (Å²) in [5.74, 6) is -0.446. The highest BCUT2D eigenvalue weighted by molar-refractivity contribution is 6.33. The second kappa shape index (κ2) is 19.7. The van der Waals surface area contributed by atoms with E-state index in [-0.39, 0.29) is 34.8 Å². The Bertz CT molecular complexity index is 1380. The molecule has 2 heterocycles. The minimum atomic E-state index is -4.80. The number of carbonyl (C=O) groups excluding carboxylic acids is 1. The second-order valence-corrected chi connectivity index (χ2v) is 11.3. The molecule has 4 rings (SSSR count). The number of nitro groups is 1. The number of carbonyl (C=O) groups is 1. The number of alkyl halides is 3. The third kappa shape index (κ3) is 14.1. The first-order valence-electron chi connectivity index (χ1n) is 13.7. The topological polar surface area (TPSA) is 209 Å². The first kappa shape index (κ1) is 40.3. The summed E-state index contributed by atoms with van der Waals surface area (Å²) in [6, 6.07) is 4.25. The Kier molecular flexibility index (Phi) is 17.3. The number of hydrogen-bond donors (Lipinski definition) is 3. The van der Waals surface area contributed by atoms with E-state index in [9.17, 15) is 28.1 Å². The first-order chi connectivity index (χ1) is 21.2. The van der Waals surface area contributed by atoms with Gasteiger partial charge in [-0.15, -0.1) is 0 Å². The molecule has 2 aromatic heterocycles. The largest absolute Gasteiger partial charge is 0.471 e. The standard InChI is InChI=1S/C12H16ClN5.C10H13F3N2O.C4HCl2N3O2.CH4/c13-12-16-7-10(15)11(18-12)17-9-3-1-8(2-4-9)5-6-14;11-10(12,13)9(16)15-8-3-1-7(2-4-8)5-6-14;5-3-2(9(10)11)1-7-4(6)8-3;/h7-9H,1-5,15H2,(H,16,17,18);7-8H,1-5H2,(H,15,16);1H;1H4. The van der Waals surface area contributed by atoms with E-state index in [0.717, 1.165) is 31.9 Å². The van der Waals surface area contributed by atoms with E-state index in [0.29, 0.717) is 62.0 Å². The lowest BCUT2D eigenvalue weighted by atomic mass is 9.84. The molecule has 2 aromatic rings. The van der Waals surface area contributed by atoms with Gasteiger partial charge in [0.05, 0.1) is 28.9 Å². The van der Waals surface area contributed by atoms with E-state index in [1.165, 1.54) is 6.20 Å². The molecule has 0 radical (unpaired) electrons. The fourth-order valence-electron chi connectivity index (χ4n) is 4.68. The van der Waals surface area contributed by atoms with Crippen LogP contribution >= 0.6 is 34.8 Å². The highest BCUT2D eigenvalue weighted by atomic mass is 35.5. The molecule has 0 unspecified atom stereocenters. The van der Waals surface area contributed by atoms with Crippen molar-refractivity contribution in [1.29, 1.82) is 10.5 Å². The fraction of sp³-hybridized carbons (Fsp3) is 0.593. The van der Waals surface area contributed by atoms with Crippen molar-refractivity contribution in [3.8, 4) is 12.1 Å². The van der Waals surface area contributed by atoms with E-state index < -0.39 is 23.0 Å². The van der Waals surface area contributed by atoms with Crippen molar-refractivity contribution in [1.82, 2.24) is 25.3 Å². The number of anilines is 2. The first-order valence-corrected chi connectivity index (χ1v) is 14.8. The van der Waals surface area contributed by atoms with Crippen LogP contribution in [-0.2, 0) is 4.79 Å². The highest BCUT2D eigenvalue weighted by Crippen LogP contribution is 2.30. The highest BCUT2D eigenvalue weighted by Gasteiger charge is 2.40. The number of halogens is 6. The average Bonchev–Trinajstić information content (AvgIpc) is 2.97. The van der Waals surface area contributed by atoms with Gasteiger partial charge in [0.15, 0.2) is 5.82 Å². The molecular weight excluding hydrogens is 676 g/mol. The van der Waals surface area contributed by atoms with Gasteiger partial charge in [-0.05, 0) is 86.4 Å². The molecule has 19 heteroatoms. The minimum Gasteiger partial charge on any atom is -0.394 e. The van der Waals surface area contributed by atoms with Gasteiger partial charge >= 0.3 is 17.8 Å². The Morgan fingerprint density at radius 2 is 1.41 bits per heavy atom. The van der Waals surface area contributed by atoms with Crippen LogP contribution in [0.3, 0.4) is 0 Å². The zero-order valence-electron chi connectivity index (χ0n) is 23.7. The smallest absolute Gasteiger partial charge is 0.394 e. The van der Waals surface area contributed by atoms with Crippen molar-refractivity contribution >= 4 is 57.9 Å². The van der Waals surface area contributed by atoms with Crippen LogP contribution in [-0.4, -0.2) is 49.0 Å². The maximum atomic E-state index is 11.9. The van der Waals surface area contributed by atoms with Crippen LogP contribution in [0.2, 0.25) is 15.7 Å². The molecule has 2 saturated carbocycles. The summed E-state index contributed by atoms with van der Waals surface area (Å²) in [6.07, 6.45) is 5.44. The van der Waals surface area contributed by atoms with E-state index in [1.807, 2.05) is 11.4 Å². The molecule has 2 fully saturated rings.